The number of hydrogen-bond donors (Lipinski definition) is 2. The molecule has 1 amide bonds. The second-order valence-corrected chi connectivity index (χ2v) is 4.87. The van der Waals surface area contributed by atoms with Crippen molar-refractivity contribution in [1.29, 1.82) is 0 Å². The third kappa shape index (κ3) is 3.04. The highest BCUT2D eigenvalue weighted by Crippen LogP contribution is 2.22. The summed E-state index contributed by atoms with van der Waals surface area (Å²) in [6.45, 7) is 3.75. The summed E-state index contributed by atoms with van der Waals surface area (Å²) in [6.07, 6.45) is 0.999. The molecule has 0 spiro atoms. The van der Waals surface area contributed by atoms with E-state index in [4.69, 9.17) is 4.74 Å². The first kappa shape index (κ1) is 13.8. The Labute approximate surface area is 112 Å². The minimum Gasteiger partial charge on any atom is -0.496 e. The zero-order valence-electron chi connectivity index (χ0n) is 11.2. The Morgan fingerprint density at radius 3 is 3.00 bits per heavy atom. The third-order valence-electron chi connectivity index (χ3n) is 3.57. The lowest BCUT2D eigenvalue weighted by atomic mass is 9.94. The van der Waals surface area contributed by atoms with Gasteiger partial charge in [0.15, 0.2) is 0 Å². The van der Waals surface area contributed by atoms with Crippen LogP contribution in [0.4, 0.5) is 4.39 Å². The predicted octanol–water partition coefficient (Wildman–Crippen LogP) is 1.56. The molecule has 2 N–H and O–H groups in total. The predicted molar refractivity (Wildman–Crippen MR) is 70.9 cm³/mol. The maximum Gasteiger partial charge on any atom is 0.258 e. The molecular weight excluding hydrogens is 247 g/mol. The molecule has 4 nitrogen and oxygen atoms in total. The normalized spacial score (nSPS) is 22.9. The van der Waals surface area contributed by atoms with Crippen LogP contribution in [0.2, 0.25) is 0 Å². The fourth-order valence-corrected chi connectivity index (χ4v) is 2.32. The van der Waals surface area contributed by atoms with Gasteiger partial charge in [-0.3, -0.25) is 4.79 Å². The quantitative estimate of drug-likeness (QED) is 0.873. The summed E-state index contributed by atoms with van der Waals surface area (Å²) in [5.41, 5.74) is -0.0252. The molecule has 2 atom stereocenters. The number of ether oxygens (including phenoxy) is 1. The van der Waals surface area contributed by atoms with Crippen LogP contribution < -0.4 is 15.4 Å². The Bertz CT molecular complexity index is 465. The fraction of sp³-hybridized carbons (Fsp3) is 0.500. The Morgan fingerprint density at radius 1 is 1.53 bits per heavy atom. The molecule has 0 radical (unpaired) electrons. The summed E-state index contributed by atoms with van der Waals surface area (Å²) >= 11 is 0. The maximum atomic E-state index is 13.8. The van der Waals surface area contributed by atoms with E-state index < -0.39 is 11.7 Å². The van der Waals surface area contributed by atoms with Gasteiger partial charge in [-0.1, -0.05) is 13.0 Å². The number of amides is 1. The SMILES string of the molecule is COc1cccc(F)c1C(=O)NC1CNCCC1C. The van der Waals surface area contributed by atoms with Crippen molar-refractivity contribution in [1.82, 2.24) is 10.6 Å². The Hall–Kier alpha value is -1.62. The topological polar surface area (TPSA) is 50.4 Å². The van der Waals surface area contributed by atoms with Gasteiger partial charge in [0.1, 0.15) is 17.1 Å². The first-order chi connectivity index (χ1) is 9.13. The zero-order valence-corrected chi connectivity index (χ0v) is 11.2. The second kappa shape index (κ2) is 6.02. The van der Waals surface area contributed by atoms with Gasteiger partial charge in [-0.15, -0.1) is 0 Å². The Kier molecular flexibility index (Phi) is 4.37. The minimum atomic E-state index is -0.562. The molecule has 0 bridgehead atoms. The van der Waals surface area contributed by atoms with Crippen molar-refractivity contribution in [2.45, 2.75) is 19.4 Å². The molecule has 2 rings (SSSR count). The summed E-state index contributed by atoms with van der Waals surface area (Å²) in [5, 5.41) is 6.10. The van der Waals surface area contributed by atoms with Crippen molar-refractivity contribution in [3.8, 4) is 5.75 Å². The third-order valence-corrected chi connectivity index (χ3v) is 3.57. The number of methoxy groups -OCH3 is 1. The molecule has 0 saturated carbocycles. The molecule has 0 aromatic heterocycles. The Balaban J connectivity index is 2.15. The highest BCUT2D eigenvalue weighted by Gasteiger charge is 2.25. The lowest BCUT2D eigenvalue weighted by molar-refractivity contribution is 0.0908. The Morgan fingerprint density at radius 2 is 2.32 bits per heavy atom. The number of piperidine rings is 1. The van der Waals surface area contributed by atoms with E-state index in [0.29, 0.717) is 12.5 Å². The highest BCUT2D eigenvalue weighted by atomic mass is 19.1. The molecule has 1 aliphatic rings. The smallest absolute Gasteiger partial charge is 0.258 e. The van der Waals surface area contributed by atoms with Gasteiger partial charge in [-0.2, -0.15) is 0 Å². The number of halogens is 1. The van der Waals surface area contributed by atoms with E-state index in [1.54, 1.807) is 6.07 Å². The van der Waals surface area contributed by atoms with Crippen molar-refractivity contribution >= 4 is 5.91 Å². The number of nitrogens with one attached hydrogen (secondary N) is 2. The average Bonchev–Trinajstić information content (AvgIpc) is 2.40. The molecular formula is C14H19FN2O2. The van der Waals surface area contributed by atoms with Crippen molar-refractivity contribution in [2.75, 3.05) is 20.2 Å². The lowest BCUT2D eigenvalue weighted by Crippen LogP contribution is -2.50. The largest absolute Gasteiger partial charge is 0.496 e. The van der Waals surface area contributed by atoms with Gasteiger partial charge in [0.2, 0.25) is 0 Å². The standard InChI is InChI=1S/C14H19FN2O2/c1-9-6-7-16-8-11(9)17-14(18)13-10(15)4-3-5-12(13)19-2/h3-5,9,11,16H,6-8H2,1-2H3,(H,17,18). The van der Waals surface area contributed by atoms with E-state index in [-0.39, 0.29) is 17.4 Å². The number of carbonyl (C=O) groups excluding carboxylic acids is 1. The van der Waals surface area contributed by atoms with Gasteiger partial charge in [-0.25, -0.2) is 4.39 Å². The van der Waals surface area contributed by atoms with Crippen LogP contribution in [0.15, 0.2) is 18.2 Å². The monoisotopic (exact) mass is 266 g/mol. The average molecular weight is 266 g/mol. The summed E-state index contributed by atoms with van der Waals surface area (Å²) < 4.78 is 18.8. The maximum absolute atomic E-state index is 13.8. The summed E-state index contributed by atoms with van der Waals surface area (Å²) in [4.78, 5) is 12.2. The molecule has 0 aliphatic carbocycles. The van der Waals surface area contributed by atoms with Crippen LogP contribution in [-0.4, -0.2) is 32.1 Å². The molecule has 1 aliphatic heterocycles. The number of benzene rings is 1. The first-order valence-electron chi connectivity index (χ1n) is 6.47. The minimum absolute atomic E-state index is 0.0190. The van der Waals surface area contributed by atoms with E-state index in [1.165, 1.54) is 19.2 Å². The fourth-order valence-electron chi connectivity index (χ4n) is 2.32. The van der Waals surface area contributed by atoms with E-state index in [1.807, 2.05) is 0 Å². The highest BCUT2D eigenvalue weighted by molar-refractivity contribution is 5.97. The van der Waals surface area contributed by atoms with E-state index in [0.717, 1.165) is 13.0 Å². The van der Waals surface area contributed by atoms with Crippen LogP contribution in [0.1, 0.15) is 23.7 Å². The molecule has 1 aromatic rings. The van der Waals surface area contributed by atoms with Gasteiger partial charge < -0.3 is 15.4 Å². The number of hydrogen-bond acceptors (Lipinski definition) is 3. The zero-order chi connectivity index (χ0) is 13.8. The van der Waals surface area contributed by atoms with Gasteiger partial charge in [0, 0.05) is 12.6 Å². The van der Waals surface area contributed by atoms with Crippen LogP contribution in [-0.2, 0) is 0 Å². The van der Waals surface area contributed by atoms with Gasteiger partial charge in [0.05, 0.1) is 7.11 Å². The van der Waals surface area contributed by atoms with Gasteiger partial charge in [-0.05, 0) is 31.0 Å². The molecule has 1 saturated heterocycles. The summed E-state index contributed by atoms with van der Waals surface area (Å²) in [5.74, 6) is -0.347. The van der Waals surface area contributed by atoms with Gasteiger partial charge in [0.25, 0.3) is 5.91 Å². The van der Waals surface area contributed by atoms with Crippen molar-refractivity contribution < 1.29 is 13.9 Å². The van der Waals surface area contributed by atoms with E-state index >= 15 is 0 Å². The molecule has 1 fully saturated rings. The van der Waals surface area contributed by atoms with Crippen LogP contribution in [0.25, 0.3) is 0 Å². The number of rotatable bonds is 3. The summed E-state index contributed by atoms with van der Waals surface area (Å²) in [7, 11) is 1.43. The van der Waals surface area contributed by atoms with E-state index in [9.17, 15) is 9.18 Å². The van der Waals surface area contributed by atoms with Crippen LogP contribution in [0.3, 0.4) is 0 Å². The molecule has 1 heterocycles. The second-order valence-electron chi connectivity index (χ2n) is 4.87. The van der Waals surface area contributed by atoms with Crippen molar-refractivity contribution in [3.63, 3.8) is 0 Å². The number of carbonyl (C=O) groups is 1. The molecule has 1 aromatic carbocycles. The van der Waals surface area contributed by atoms with Crippen molar-refractivity contribution in [3.05, 3.63) is 29.6 Å². The molecule has 19 heavy (non-hydrogen) atoms. The van der Waals surface area contributed by atoms with Crippen molar-refractivity contribution in [2.24, 2.45) is 5.92 Å². The van der Waals surface area contributed by atoms with E-state index in [2.05, 4.69) is 17.6 Å². The molecule has 2 unspecified atom stereocenters. The summed E-state index contributed by atoms with van der Waals surface area (Å²) in [6, 6.07) is 4.39. The van der Waals surface area contributed by atoms with Gasteiger partial charge >= 0.3 is 0 Å². The lowest BCUT2D eigenvalue weighted by Gasteiger charge is -2.30. The van der Waals surface area contributed by atoms with Crippen LogP contribution >= 0.6 is 0 Å². The first-order valence-corrected chi connectivity index (χ1v) is 6.47. The van der Waals surface area contributed by atoms with Crippen LogP contribution in [0, 0.1) is 11.7 Å². The molecule has 104 valence electrons. The molecule has 5 heteroatoms. The van der Waals surface area contributed by atoms with Crippen LogP contribution in [0.5, 0.6) is 5.75 Å².